The molecule has 1 aliphatic rings. The molecule has 1 aromatic heterocycles. The third-order valence-electron chi connectivity index (χ3n) is 4.93. The quantitative estimate of drug-likeness (QED) is 0.487. The molecule has 3 rings (SSSR count). The summed E-state index contributed by atoms with van der Waals surface area (Å²) in [5.41, 5.74) is 8.23. The number of aryl methyl sites for hydroxylation is 1. The van der Waals surface area contributed by atoms with E-state index < -0.39 is 17.9 Å². The zero-order chi connectivity index (χ0) is 22.2. The van der Waals surface area contributed by atoms with Gasteiger partial charge >= 0.3 is 5.97 Å². The Hall–Kier alpha value is -2.23. The molecule has 0 saturated carbocycles. The largest absolute Gasteiger partial charge is 0.460 e. The number of carbonyl (C=O) groups is 2. The van der Waals surface area contributed by atoms with Gasteiger partial charge in [-0.15, -0.1) is 0 Å². The molecule has 0 spiro atoms. The predicted molar refractivity (Wildman–Crippen MR) is 115 cm³/mol. The summed E-state index contributed by atoms with van der Waals surface area (Å²) in [5, 5.41) is 10.1. The number of aliphatic hydroxyl groups excluding tert-OH is 1. The van der Waals surface area contributed by atoms with Crippen LogP contribution in [0.15, 0.2) is 29.1 Å². The van der Waals surface area contributed by atoms with Crippen molar-refractivity contribution in [2.45, 2.75) is 58.0 Å². The van der Waals surface area contributed by atoms with Crippen molar-refractivity contribution in [2.24, 2.45) is 12.8 Å². The first-order valence-electron chi connectivity index (χ1n) is 9.74. The number of ether oxygens (including phenoxy) is 1. The summed E-state index contributed by atoms with van der Waals surface area (Å²) in [6.45, 7) is 5.68. The van der Waals surface area contributed by atoms with Crippen LogP contribution in [0, 0.1) is 0 Å². The fourth-order valence-electron chi connectivity index (χ4n) is 3.54. The second kappa shape index (κ2) is 8.49. The molecule has 1 aromatic carbocycles. The molecule has 30 heavy (non-hydrogen) atoms. The number of esters is 1. The summed E-state index contributed by atoms with van der Waals surface area (Å²) in [7, 11) is 1.89. The molecule has 1 amide bonds. The van der Waals surface area contributed by atoms with Gasteiger partial charge in [-0.05, 0) is 60.8 Å². The smallest absolute Gasteiger partial charge is 0.306 e. The van der Waals surface area contributed by atoms with E-state index in [0.29, 0.717) is 12.1 Å². The lowest BCUT2D eigenvalue weighted by Crippen LogP contribution is -2.48. The average Bonchev–Trinajstić information content (AvgIpc) is 3.13. The SMILES string of the molecule is Cn1cnc(-c2ccc3c(c2)CN(C(CCC(=O)OC(C)(C)C)C(N)O)C3=O)c1Br. The summed E-state index contributed by atoms with van der Waals surface area (Å²) in [6.07, 6.45) is 0.713. The predicted octanol–water partition coefficient (Wildman–Crippen LogP) is 2.57. The second-order valence-corrected chi connectivity index (χ2v) is 9.23. The maximum atomic E-state index is 12.9. The van der Waals surface area contributed by atoms with Gasteiger partial charge in [-0.3, -0.25) is 9.59 Å². The van der Waals surface area contributed by atoms with Crippen molar-refractivity contribution in [3.63, 3.8) is 0 Å². The molecule has 162 valence electrons. The van der Waals surface area contributed by atoms with Crippen LogP contribution >= 0.6 is 15.9 Å². The molecular weight excluding hydrogens is 452 g/mol. The van der Waals surface area contributed by atoms with Crippen molar-refractivity contribution in [2.75, 3.05) is 0 Å². The van der Waals surface area contributed by atoms with Crippen LogP contribution < -0.4 is 5.73 Å². The van der Waals surface area contributed by atoms with Gasteiger partial charge in [0.05, 0.1) is 12.4 Å². The molecule has 0 saturated heterocycles. The van der Waals surface area contributed by atoms with Gasteiger partial charge in [0, 0.05) is 31.1 Å². The van der Waals surface area contributed by atoms with Gasteiger partial charge in [0.2, 0.25) is 0 Å². The molecule has 2 atom stereocenters. The van der Waals surface area contributed by atoms with Crippen molar-refractivity contribution in [1.82, 2.24) is 14.5 Å². The van der Waals surface area contributed by atoms with Crippen LogP contribution in [0.25, 0.3) is 11.3 Å². The molecule has 0 fully saturated rings. The van der Waals surface area contributed by atoms with E-state index in [0.717, 1.165) is 21.4 Å². The van der Waals surface area contributed by atoms with E-state index in [-0.39, 0.29) is 24.7 Å². The molecule has 3 N–H and O–H groups in total. The number of hydrogen-bond acceptors (Lipinski definition) is 6. The fourth-order valence-corrected chi connectivity index (χ4v) is 3.96. The number of fused-ring (bicyclic) bond motifs is 1. The third-order valence-corrected chi connectivity index (χ3v) is 5.87. The van der Waals surface area contributed by atoms with E-state index in [1.807, 2.05) is 23.7 Å². The number of halogens is 1. The zero-order valence-corrected chi connectivity index (χ0v) is 19.1. The highest BCUT2D eigenvalue weighted by Crippen LogP contribution is 2.33. The van der Waals surface area contributed by atoms with Crippen molar-refractivity contribution in [3.8, 4) is 11.3 Å². The first kappa shape index (κ1) is 22.5. The summed E-state index contributed by atoms with van der Waals surface area (Å²) in [6, 6.07) is 4.85. The first-order valence-corrected chi connectivity index (χ1v) is 10.5. The number of carbonyl (C=O) groups excluding carboxylic acids is 2. The Morgan fingerprint density at radius 3 is 2.67 bits per heavy atom. The molecule has 0 radical (unpaired) electrons. The molecule has 0 bridgehead atoms. The summed E-state index contributed by atoms with van der Waals surface area (Å²) in [4.78, 5) is 30.9. The van der Waals surface area contributed by atoms with Crippen molar-refractivity contribution in [3.05, 3.63) is 40.3 Å². The Morgan fingerprint density at radius 2 is 2.10 bits per heavy atom. The van der Waals surface area contributed by atoms with Crippen molar-refractivity contribution in [1.29, 1.82) is 0 Å². The van der Waals surface area contributed by atoms with Gasteiger partial charge in [0.25, 0.3) is 5.91 Å². The summed E-state index contributed by atoms with van der Waals surface area (Å²) < 4.78 is 8.02. The molecule has 9 heteroatoms. The Bertz CT molecular complexity index is 964. The van der Waals surface area contributed by atoms with Crippen LogP contribution in [-0.2, 0) is 23.1 Å². The van der Waals surface area contributed by atoms with Crippen molar-refractivity contribution >= 4 is 27.8 Å². The number of rotatable bonds is 6. The van der Waals surface area contributed by atoms with E-state index in [2.05, 4.69) is 20.9 Å². The van der Waals surface area contributed by atoms with E-state index in [9.17, 15) is 14.7 Å². The normalized spacial score (nSPS) is 15.8. The van der Waals surface area contributed by atoms with Gasteiger partial charge in [0.1, 0.15) is 22.1 Å². The molecule has 2 unspecified atom stereocenters. The number of nitrogens with zero attached hydrogens (tertiary/aromatic N) is 3. The van der Waals surface area contributed by atoms with Gasteiger partial charge < -0.3 is 25.0 Å². The standard InChI is InChI=1S/C21H27BrN4O4/c1-21(2,3)30-16(27)8-7-15(19(23)28)26-10-13-9-12(5-6-14(13)20(26)29)17-18(22)25(4)11-24-17/h5-6,9,11,15,19,28H,7-8,10,23H2,1-4H3. The highest BCUT2D eigenvalue weighted by atomic mass is 79.9. The Balaban J connectivity index is 1.77. The fraction of sp³-hybridized carbons (Fsp3) is 0.476. The van der Waals surface area contributed by atoms with E-state index >= 15 is 0 Å². The van der Waals surface area contributed by atoms with Crippen LogP contribution in [0.2, 0.25) is 0 Å². The van der Waals surface area contributed by atoms with Gasteiger partial charge in [-0.1, -0.05) is 6.07 Å². The number of hydrogen-bond donors (Lipinski definition) is 2. The van der Waals surface area contributed by atoms with Crippen LogP contribution in [0.5, 0.6) is 0 Å². The highest BCUT2D eigenvalue weighted by molar-refractivity contribution is 9.10. The van der Waals surface area contributed by atoms with E-state index in [4.69, 9.17) is 10.5 Å². The number of aliphatic hydroxyl groups is 1. The molecule has 1 aliphatic heterocycles. The Kier molecular flexibility index (Phi) is 6.35. The average molecular weight is 479 g/mol. The van der Waals surface area contributed by atoms with Crippen LogP contribution in [0.1, 0.15) is 49.5 Å². The summed E-state index contributed by atoms with van der Waals surface area (Å²) >= 11 is 3.52. The van der Waals surface area contributed by atoms with Crippen LogP contribution in [0.3, 0.4) is 0 Å². The number of benzene rings is 1. The Labute approximate surface area is 184 Å². The highest BCUT2D eigenvalue weighted by Gasteiger charge is 2.36. The number of aromatic nitrogens is 2. The maximum absolute atomic E-state index is 12.9. The lowest BCUT2D eigenvalue weighted by molar-refractivity contribution is -0.155. The third kappa shape index (κ3) is 4.74. The molecule has 8 nitrogen and oxygen atoms in total. The minimum absolute atomic E-state index is 0.0580. The van der Waals surface area contributed by atoms with Crippen LogP contribution in [0.4, 0.5) is 0 Å². The second-order valence-electron chi connectivity index (χ2n) is 8.48. The van der Waals surface area contributed by atoms with E-state index in [1.165, 1.54) is 4.90 Å². The van der Waals surface area contributed by atoms with Gasteiger partial charge in [-0.2, -0.15) is 0 Å². The molecular formula is C21H27BrN4O4. The zero-order valence-electron chi connectivity index (χ0n) is 17.6. The van der Waals surface area contributed by atoms with Crippen LogP contribution in [-0.4, -0.2) is 49.3 Å². The minimum Gasteiger partial charge on any atom is -0.460 e. The Morgan fingerprint density at radius 1 is 1.40 bits per heavy atom. The monoisotopic (exact) mass is 478 g/mol. The summed E-state index contributed by atoms with van der Waals surface area (Å²) in [5.74, 6) is -0.602. The first-order chi connectivity index (χ1) is 14.0. The molecule has 2 aromatic rings. The van der Waals surface area contributed by atoms with Gasteiger partial charge in [0.15, 0.2) is 0 Å². The number of nitrogens with two attached hydrogens (primary N) is 1. The topological polar surface area (TPSA) is 111 Å². The number of amides is 1. The van der Waals surface area contributed by atoms with Gasteiger partial charge in [-0.25, -0.2) is 4.98 Å². The molecule has 0 aliphatic carbocycles. The maximum Gasteiger partial charge on any atom is 0.306 e. The van der Waals surface area contributed by atoms with Crippen molar-refractivity contribution < 1.29 is 19.4 Å². The lowest BCUT2D eigenvalue weighted by Gasteiger charge is -2.30. The van der Waals surface area contributed by atoms with E-state index in [1.54, 1.807) is 33.2 Å². The molecule has 2 heterocycles. The minimum atomic E-state index is -1.27. The lowest BCUT2D eigenvalue weighted by atomic mass is 10.0. The number of imidazole rings is 1.